The maximum Gasteiger partial charge on any atom is 0.271 e. The number of amides is 2. The number of likely N-dealkylation sites (tertiary alicyclic amines) is 1. The Labute approximate surface area is 175 Å². The third-order valence-electron chi connectivity index (χ3n) is 4.82. The Balaban J connectivity index is 1.86. The van der Waals surface area contributed by atoms with Crippen LogP contribution < -0.4 is 5.32 Å². The van der Waals surface area contributed by atoms with Gasteiger partial charge in [-0.25, -0.2) is 9.37 Å². The number of hydrogen-bond acceptors (Lipinski definition) is 4. The average Bonchev–Trinajstić information content (AvgIpc) is 3.24. The summed E-state index contributed by atoms with van der Waals surface area (Å²) in [5.41, 5.74) is 0.925. The van der Waals surface area contributed by atoms with Gasteiger partial charge in [0.15, 0.2) is 0 Å². The molecule has 0 atom stereocenters. The van der Waals surface area contributed by atoms with Gasteiger partial charge in [-0.3, -0.25) is 9.59 Å². The summed E-state index contributed by atoms with van der Waals surface area (Å²) >= 11 is 1.49. The van der Waals surface area contributed by atoms with Gasteiger partial charge in [-0.05, 0) is 37.8 Å². The Morgan fingerprint density at radius 1 is 1.34 bits per heavy atom. The quantitative estimate of drug-likeness (QED) is 0.474. The Morgan fingerprint density at radius 3 is 2.69 bits per heavy atom. The van der Waals surface area contributed by atoms with Gasteiger partial charge in [-0.15, -0.1) is 17.9 Å². The highest BCUT2D eigenvalue weighted by molar-refractivity contribution is 7.09. The van der Waals surface area contributed by atoms with E-state index in [0.717, 1.165) is 17.8 Å². The summed E-state index contributed by atoms with van der Waals surface area (Å²) in [7, 11) is 0. The first-order chi connectivity index (χ1) is 14.0. The second kappa shape index (κ2) is 11.5. The summed E-state index contributed by atoms with van der Waals surface area (Å²) < 4.78 is 13.8. The van der Waals surface area contributed by atoms with Gasteiger partial charge in [0.25, 0.3) is 5.91 Å². The molecule has 0 aromatic carbocycles. The number of aromatic nitrogens is 1. The van der Waals surface area contributed by atoms with Gasteiger partial charge in [0.2, 0.25) is 5.91 Å². The number of nitrogens with one attached hydrogen (secondary N) is 1. The van der Waals surface area contributed by atoms with Crippen LogP contribution in [0.4, 0.5) is 4.39 Å². The molecule has 0 radical (unpaired) electrons. The molecule has 2 heterocycles. The molecule has 0 saturated carbocycles. The lowest BCUT2D eigenvalue weighted by atomic mass is 9.97. The minimum Gasteiger partial charge on any atom is -0.347 e. The number of piperidine rings is 1. The molecule has 1 aliphatic rings. The summed E-state index contributed by atoms with van der Waals surface area (Å²) in [6.07, 6.45) is 8.49. The third kappa shape index (κ3) is 6.49. The Morgan fingerprint density at radius 2 is 2.07 bits per heavy atom. The van der Waals surface area contributed by atoms with E-state index in [9.17, 15) is 14.0 Å². The highest BCUT2D eigenvalue weighted by Crippen LogP contribution is 2.30. The highest BCUT2D eigenvalue weighted by Gasteiger charge is 2.26. The Hall–Kier alpha value is -2.54. The van der Waals surface area contributed by atoms with Crippen LogP contribution in [-0.2, 0) is 4.79 Å². The van der Waals surface area contributed by atoms with E-state index >= 15 is 0 Å². The van der Waals surface area contributed by atoms with Crippen molar-refractivity contribution >= 4 is 23.2 Å². The zero-order valence-electron chi connectivity index (χ0n) is 16.8. The Bertz CT molecular complexity index is 805. The maximum atomic E-state index is 13.8. The molecule has 1 aliphatic heterocycles. The molecule has 0 aliphatic carbocycles. The second-order valence-corrected chi connectivity index (χ2v) is 7.69. The van der Waals surface area contributed by atoms with Crippen LogP contribution in [0.2, 0.25) is 0 Å². The molecule has 7 heteroatoms. The molecule has 156 valence electrons. The topological polar surface area (TPSA) is 62.3 Å². The van der Waals surface area contributed by atoms with E-state index in [1.54, 1.807) is 23.6 Å². The zero-order valence-corrected chi connectivity index (χ0v) is 17.6. The summed E-state index contributed by atoms with van der Waals surface area (Å²) in [5, 5.41) is 5.43. The number of nitrogens with zero attached hydrogens (tertiary/aromatic N) is 2. The monoisotopic (exact) mass is 417 g/mol. The van der Waals surface area contributed by atoms with Gasteiger partial charge in [0, 0.05) is 37.4 Å². The number of rotatable bonds is 9. The molecule has 0 bridgehead atoms. The second-order valence-electron chi connectivity index (χ2n) is 6.80. The molecule has 1 N–H and O–H groups in total. The van der Waals surface area contributed by atoms with Crippen LogP contribution in [0.5, 0.6) is 0 Å². The number of allylic oxidation sites excluding steroid dienone is 5. The van der Waals surface area contributed by atoms with Crippen LogP contribution in [0.25, 0.3) is 0 Å². The largest absolute Gasteiger partial charge is 0.347 e. The van der Waals surface area contributed by atoms with Gasteiger partial charge in [0.1, 0.15) is 11.5 Å². The van der Waals surface area contributed by atoms with Crippen LogP contribution in [0.3, 0.4) is 0 Å². The van der Waals surface area contributed by atoms with Crippen molar-refractivity contribution in [2.24, 2.45) is 0 Å². The summed E-state index contributed by atoms with van der Waals surface area (Å²) in [6.45, 7) is 10.5. The predicted octanol–water partition coefficient (Wildman–Crippen LogP) is 4.53. The first-order valence-electron chi connectivity index (χ1n) is 9.76. The zero-order chi connectivity index (χ0) is 21.2. The molecule has 1 fully saturated rings. The van der Waals surface area contributed by atoms with Crippen molar-refractivity contribution in [3.05, 3.63) is 64.9 Å². The van der Waals surface area contributed by atoms with Gasteiger partial charge < -0.3 is 10.2 Å². The van der Waals surface area contributed by atoms with Crippen molar-refractivity contribution in [3.8, 4) is 0 Å². The van der Waals surface area contributed by atoms with Gasteiger partial charge in [0.05, 0.1) is 5.01 Å². The van der Waals surface area contributed by atoms with Crippen molar-refractivity contribution < 1.29 is 14.0 Å². The normalized spacial score (nSPS) is 15.9. The molecular weight excluding hydrogens is 389 g/mol. The van der Waals surface area contributed by atoms with E-state index in [2.05, 4.69) is 23.5 Å². The number of halogens is 1. The van der Waals surface area contributed by atoms with Crippen LogP contribution in [0.1, 0.15) is 54.0 Å². The van der Waals surface area contributed by atoms with E-state index in [-0.39, 0.29) is 30.0 Å². The molecular formula is C22H28FN3O2S. The molecule has 29 heavy (non-hydrogen) atoms. The lowest BCUT2D eigenvalue weighted by molar-refractivity contribution is -0.132. The van der Waals surface area contributed by atoms with Crippen molar-refractivity contribution in [1.82, 2.24) is 15.2 Å². The fraction of sp³-hybridized carbons (Fsp3) is 0.409. The van der Waals surface area contributed by atoms with Gasteiger partial charge in [-0.1, -0.05) is 24.8 Å². The molecule has 1 aromatic rings. The number of carbonyl (C=O) groups is 2. The van der Waals surface area contributed by atoms with Crippen molar-refractivity contribution in [2.45, 2.75) is 38.5 Å². The minimum atomic E-state index is -0.383. The van der Waals surface area contributed by atoms with Gasteiger partial charge in [-0.2, -0.15) is 0 Å². The number of hydrogen-bond donors (Lipinski definition) is 1. The van der Waals surface area contributed by atoms with E-state index in [1.807, 2.05) is 11.8 Å². The Kier molecular flexibility index (Phi) is 8.99. The van der Waals surface area contributed by atoms with Crippen LogP contribution in [0, 0.1) is 0 Å². The molecule has 2 amide bonds. The molecule has 1 saturated heterocycles. The predicted molar refractivity (Wildman–Crippen MR) is 116 cm³/mol. The molecule has 0 spiro atoms. The number of carbonyl (C=O) groups excluding carboxylic acids is 2. The maximum absolute atomic E-state index is 13.8. The summed E-state index contributed by atoms with van der Waals surface area (Å²) in [5.74, 6) is -0.296. The molecule has 0 unspecified atom stereocenters. The van der Waals surface area contributed by atoms with Crippen molar-refractivity contribution in [2.75, 3.05) is 19.6 Å². The average molecular weight is 418 g/mol. The van der Waals surface area contributed by atoms with E-state index in [0.29, 0.717) is 37.3 Å². The SMILES string of the molecule is C=CCNC(=O)c1csc(C2CCN(C(=O)CCC(/C=C\C)=C(\F)C=C)CC2)n1. The van der Waals surface area contributed by atoms with E-state index < -0.39 is 0 Å². The first kappa shape index (κ1) is 22.7. The lowest BCUT2D eigenvalue weighted by Crippen LogP contribution is -2.37. The molecule has 2 rings (SSSR count). The number of thiazole rings is 1. The fourth-order valence-electron chi connectivity index (χ4n) is 3.23. The first-order valence-corrected chi connectivity index (χ1v) is 10.6. The van der Waals surface area contributed by atoms with Crippen molar-refractivity contribution in [1.29, 1.82) is 0 Å². The van der Waals surface area contributed by atoms with E-state index in [1.165, 1.54) is 17.4 Å². The van der Waals surface area contributed by atoms with Crippen LogP contribution in [-0.4, -0.2) is 41.3 Å². The third-order valence-corrected chi connectivity index (χ3v) is 5.83. The fourth-order valence-corrected chi connectivity index (χ4v) is 4.20. The standard InChI is InChI=1S/C22H28FN3O2S/c1-4-7-16(18(23)6-3)8-9-20(27)26-13-10-17(11-14-26)22-25-19(15-29-22)21(28)24-12-5-2/h4-7,15,17H,2-3,8-14H2,1H3,(H,24,28)/b7-4-,18-16-. The van der Waals surface area contributed by atoms with Crippen LogP contribution >= 0.6 is 11.3 Å². The van der Waals surface area contributed by atoms with Crippen molar-refractivity contribution in [3.63, 3.8) is 0 Å². The smallest absolute Gasteiger partial charge is 0.271 e. The van der Waals surface area contributed by atoms with E-state index in [4.69, 9.17) is 0 Å². The highest BCUT2D eigenvalue weighted by atomic mass is 32.1. The van der Waals surface area contributed by atoms with Crippen LogP contribution in [0.15, 0.2) is 54.2 Å². The lowest BCUT2D eigenvalue weighted by Gasteiger charge is -2.31. The summed E-state index contributed by atoms with van der Waals surface area (Å²) in [4.78, 5) is 30.8. The van der Waals surface area contributed by atoms with Gasteiger partial charge >= 0.3 is 0 Å². The minimum absolute atomic E-state index is 0.0333. The molecule has 5 nitrogen and oxygen atoms in total. The summed E-state index contributed by atoms with van der Waals surface area (Å²) in [6, 6.07) is 0. The molecule has 1 aromatic heterocycles.